The third kappa shape index (κ3) is 5.00. The monoisotopic (exact) mass is 240 g/mol. The van der Waals surface area contributed by atoms with Gasteiger partial charge in [-0.3, -0.25) is 4.79 Å². The molecule has 0 heterocycles. The Balaban J connectivity index is 0. The number of ether oxygens (including phenoxy) is 1. The van der Waals surface area contributed by atoms with Gasteiger partial charge in [0.1, 0.15) is 11.4 Å². The van der Waals surface area contributed by atoms with Gasteiger partial charge in [-0.05, 0) is 45.0 Å². The Morgan fingerprint density at radius 1 is 1.24 bits per heavy atom. The van der Waals surface area contributed by atoms with Crippen LogP contribution in [0.5, 0.6) is 5.75 Å². The normalized spacial score (nSPS) is 9.88. The highest BCUT2D eigenvalue weighted by atomic mass is 16.5. The van der Waals surface area contributed by atoms with E-state index in [1.54, 1.807) is 24.3 Å². The van der Waals surface area contributed by atoms with Crippen molar-refractivity contribution in [2.45, 2.75) is 41.2 Å². The molecule has 0 bridgehead atoms. The first kappa shape index (κ1) is 18.0. The molecule has 17 heavy (non-hydrogen) atoms. The fourth-order valence-corrected chi connectivity index (χ4v) is 1.22. The molecule has 0 radical (unpaired) electrons. The molecule has 0 aromatic heterocycles. The van der Waals surface area contributed by atoms with E-state index in [0.29, 0.717) is 12.2 Å². The Bertz CT molecular complexity index is 333. The van der Waals surface area contributed by atoms with Crippen LogP contribution in [-0.4, -0.2) is 23.1 Å². The number of aliphatic hydroxyl groups is 1. The lowest BCUT2D eigenvalue weighted by Gasteiger charge is -2.15. The number of hydrogen-bond donors (Lipinski definition) is 1. The Labute approximate surface area is 104 Å². The summed E-state index contributed by atoms with van der Waals surface area (Å²) in [5.74, 6) is 0.440. The SMILES string of the molecule is C.C.CCOc1ccc(C(=O)C(C)(C)O)cc1. The highest BCUT2D eigenvalue weighted by molar-refractivity contribution is 6.01. The van der Waals surface area contributed by atoms with Crippen LogP contribution in [0, 0.1) is 0 Å². The van der Waals surface area contributed by atoms with Gasteiger partial charge < -0.3 is 9.84 Å². The van der Waals surface area contributed by atoms with Gasteiger partial charge in [0.25, 0.3) is 0 Å². The molecule has 0 saturated heterocycles. The molecule has 0 unspecified atom stereocenters. The van der Waals surface area contributed by atoms with E-state index < -0.39 is 5.60 Å². The van der Waals surface area contributed by atoms with Crippen LogP contribution in [0.3, 0.4) is 0 Å². The lowest BCUT2D eigenvalue weighted by molar-refractivity contribution is 0.0488. The topological polar surface area (TPSA) is 46.5 Å². The Kier molecular flexibility index (Phi) is 7.50. The van der Waals surface area contributed by atoms with Crippen LogP contribution in [0.15, 0.2) is 24.3 Å². The van der Waals surface area contributed by atoms with Crippen molar-refractivity contribution < 1.29 is 14.6 Å². The molecule has 1 N–H and O–H groups in total. The highest BCUT2D eigenvalue weighted by Gasteiger charge is 2.24. The second-order valence-corrected chi connectivity index (χ2v) is 3.85. The Morgan fingerprint density at radius 3 is 2.06 bits per heavy atom. The lowest BCUT2D eigenvalue weighted by atomic mass is 9.97. The predicted molar refractivity (Wildman–Crippen MR) is 71.7 cm³/mol. The average Bonchev–Trinajstić information content (AvgIpc) is 2.17. The van der Waals surface area contributed by atoms with Gasteiger partial charge in [-0.2, -0.15) is 0 Å². The average molecular weight is 240 g/mol. The minimum atomic E-state index is -1.33. The Morgan fingerprint density at radius 2 is 1.71 bits per heavy atom. The summed E-state index contributed by atoms with van der Waals surface area (Å²) in [5, 5.41) is 9.53. The van der Waals surface area contributed by atoms with E-state index in [1.165, 1.54) is 13.8 Å². The number of carbonyl (C=O) groups excluding carboxylic acids is 1. The molecule has 0 aliphatic rings. The van der Waals surface area contributed by atoms with Crippen LogP contribution < -0.4 is 4.74 Å². The zero-order valence-corrected chi connectivity index (χ0v) is 9.28. The second-order valence-electron chi connectivity index (χ2n) is 3.85. The third-order valence-corrected chi connectivity index (χ3v) is 1.98. The summed E-state index contributed by atoms with van der Waals surface area (Å²) in [7, 11) is 0. The van der Waals surface area contributed by atoms with Crippen molar-refractivity contribution in [3.63, 3.8) is 0 Å². The maximum Gasteiger partial charge on any atom is 0.193 e. The third-order valence-electron chi connectivity index (χ3n) is 1.98. The summed E-state index contributed by atoms with van der Waals surface area (Å²) in [6.07, 6.45) is 0. The molecule has 0 aliphatic heterocycles. The predicted octanol–water partition coefficient (Wildman–Crippen LogP) is 3.31. The van der Waals surface area contributed by atoms with Crippen molar-refractivity contribution >= 4 is 5.78 Å². The lowest BCUT2D eigenvalue weighted by Crippen LogP contribution is -2.30. The van der Waals surface area contributed by atoms with Crippen molar-refractivity contribution in [2.24, 2.45) is 0 Å². The van der Waals surface area contributed by atoms with Gasteiger partial charge >= 0.3 is 0 Å². The fourth-order valence-electron chi connectivity index (χ4n) is 1.22. The molecular formula is C14H24O3. The van der Waals surface area contributed by atoms with Gasteiger partial charge in [-0.25, -0.2) is 0 Å². The largest absolute Gasteiger partial charge is 0.494 e. The molecule has 3 nitrogen and oxygen atoms in total. The van der Waals surface area contributed by atoms with Gasteiger partial charge in [-0.15, -0.1) is 0 Å². The number of carbonyl (C=O) groups is 1. The molecule has 1 aromatic carbocycles. The maximum atomic E-state index is 11.6. The first-order valence-corrected chi connectivity index (χ1v) is 4.95. The number of hydrogen-bond acceptors (Lipinski definition) is 3. The van der Waals surface area contributed by atoms with E-state index in [2.05, 4.69) is 0 Å². The van der Waals surface area contributed by atoms with Crippen molar-refractivity contribution in [2.75, 3.05) is 6.61 Å². The molecule has 0 atom stereocenters. The van der Waals surface area contributed by atoms with E-state index in [0.717, 1.165) is 5.75 Å². The summed E-state index contributed by atoms with van der Waals surface area (Å²) in [6.45, 7) is 5.45. The van der Waals surface area contributed by atoms with Crippen molar-refractivity contribution in [3.05, 3.63) is 29.8 Å². The van der Waals surface area contributed by atoms with Gasteiger partial charge in [0.2, 0.25) is 0 Å². The molecule has 0 spiro atoms. The van der Waals surface area contributed by atoms with E-state index in [1.807, 2.05) is 6.92 Å². The summed E-state index contributed by atoms with van der Waals surface area (Å²) >= 11 is 0. The van der Waals surface area contributed by atoms with Crippen LogP contribution in [0.25, 0.3) is 0 Å². The van der Waals surface area contributed by atoms with E-state index in [4.69, 9.17) is 4.74 Å². The zero-order valence-electron chi connectivity index (χ0n) is 9.28. The molecular weight excluding hydrogens is 216 g/mol. The highest BCUT2D eigenvalue weighted by Crippen LogP contribution is 2.16. The summed E-state index contributed by atoms with van der Waals surface area (Å²) in [4.78, 5) is 11.6. The minimum absolute atomic E-state index is 0. The van der Waals surface area contributed by atoms with Gasteiger partial charge in [-0.1, -0.05) is 14.9 Å². The molecule has 0 aliphatic carbocycles. The van der Waals surface area contributed by atoms with Crippen molar-refractivity contribution in [3.8, 4) is 5.75 Å². The van der Waals surface area contributed by atoms with Crippen molar-refractivity contribution in [1.29, 1.82) is 0 Å². The van der Waals surface area contributed by atoms with Gasteiger partial charge in [0, 0.05) is 5.56 Å². The van der Waals surface area contributed by atoms with Crippen LogP contribution >= 0.6 is 0 Å². The minimum Gasteiger partial charge on any atom is -0.494 e. The number of Topliss-reactive ketones (excluding diaryl/α,β-unsaturated/α-hetero) is 1. The number of ketones is 1. The standard InChI is InChI=1S/C12H16O3.2CH4/c1-4-15-10-7-5-9(6-8-10)11(13)12(2,3)14;;/h5-8,14H,4H2,1-3H3;2*1H4. The molecule has 0 saturated carbocycles. The maximum absolute atomic E-state index is 11.6. The molecule has 0 amide bonds. The summed E-state index contributed by atoms with van der Waals surface area (Å²) in [6, 6.07) is 6.77. The Hall–Kier alpha value is -1.35. The molecule has 1 aromatic rings. The number of benzene rings is 1. The smallest absolute Gasteiger partial charge is 0.193 e. The molecule has 1 rings (SSSR count). The van der Waals surface area contributed by atoms with Crippen LogP contribution in [-0.2, 0) is 0 Å². The van der Waals surface area contributed by atoms with E-state index in [9.17, 15) is 9.90 Å². The summed E-state index contributed by atoms with van der Waals surface area (Å²) < 4.78 is 5.25. The number of rotatable bonds is 4. The van der Waals surface area contributed by atoms with Gasteiger partial charge in [0.05, 0.1) is 6.61 Å². The second kappa shape index (κ2) is 7.07. The van der Waals surface area contributed by atoms with E-state index in [-0.39, 0.29) is 20.6 Å². The van der Waals surface area contributed by atoms with Gasteiger partial charge in [0.15, 0.2) is 5.78 Å². The first-order valence-electron chi connectivity index (χ1n) is 4.95. The summed E-state index contributed by atoms with van der Waals surface area (Å²) in [5.41, 5.74) is -0.835. The van der Waals surface area contributed by atoms with Crippen molar-refractivity contribution in [1.82, 2.24) is 0 Å². The first-order chi connectivity index (χ1) is 6.95. The zero-order chi connectivity index (χ0) is 11.5. The molecule has 3 heteroatoms. The molecule has 98 valence electrons. The fraction of sp³-hybridized carbons (Fsp3) is 0.500. The van der Waals surface area contributed by atoms with Crippen LogP contribution in [0.4, 0.5) is 0 Å². The molecule has 0 fully saturated rings. The van der Waals surface area contributed by atoms with E-state index >= 15 is 0 Å². The van der Waals surface area contributed by atoms with Crippen LogP contribution in [0.1, 0.15) is 46.0 Å². The van der Waals surface area contributed by atoms with Crippen LogP contribution in [0.2, 0.25) is 0 Å². The quantitative estimate of drug-likeness (QED) is 0.821.